The van der Waals surface area contributed by atoms with Gasteiger partial charge in [-0.25, -0.2) is 9.67 Å². The predicted molar refractivity (Wildman–Crippen MR) is 124 cm³/mol. The van der Waals surface area contributed by atoms with E-state index < -0.39 is 0 Å². The highest BCUT2D eigenvalue weighted by molar-refractivity contribution is 7.99. The number of thioether (sulfide) groups is 1. The Bertz CT molecular complexity index is 1090. The van der Waals surface area contributed by atoms with Gasteiger partial charge in [-0.15, -0.1) is 5.10 Å². The number of hydrogen-bond acceptors (Lipinski definition) is 6. The van der Waals surface area contributed by atoms with E-state index in [1.54, 1.807) is 48.8 Å². The molecule has 0 aliphatic heterocycles. The molecule has 10 heteroatoms. The fraction of sp³-hybridized carbons (Fsp3) is 0.318. The topological polar surface area (TPSA) is 102 Å². The number of nitrogens with one attached hydrogen (secondary N) is 2. The lowest BCUT2D eigenvalue weighted by molar-refractivity contribution is -0.119. The first-order valence-corrected chi connectivity index (χ1v) is 11.8. The second-order valence-corrected chi connectivity index (χ2v) is 8.83. The Morgan fingerprint density at radius 1 is 1.09 bits per heavy atom. The molecule has 2 heterocycles. The van der Waals surface area contributed by atoms with E-state index >= 15 is 0 Å². The Morgan fingerprint density at radius 2 is 1.84 bits per heavy atom. The van der Waals surface area contributed by atoms with Crippen LogP contribution >= 0.6 is 23.4 Å². The summed E-state index contributed by atoms with van der Waals surface area (Å²) in [6.07, 6.45) is 7.68. The standard InChI is InChI=1S/C22H23ClN6O2S/c23-17-7-3-4-8-18(17)26-19(30)13-29-22(27-21(28-29)15-9-11-24-12-10-15)32-14-20(31)25-16-5-1-2-6-16/h3-4,7-12,16H,1-2,5-6,13-14H2,(H,25,31)(H,26,30). The molecule has 0 bridgehead atoms. The Morgan fingerprint density at radius 3 is 2.59 bits per heavy atom. The fourth-order valence-electron chi connectivity index (χ4n) is 3.52. The van der Waals surface area contributed by atoms with Crippen molar-refractivity contribution < 1.29 is 9.59 Å². The first-order valence-electron chi connectivity index (χ1n) is 10.4. The van der Waals surface area contributed by atoms with Crippen LogP contribution in [0.5, 0.6) is 0 Å². The molecule has 0 spiro atoms. The average Bonchev–Trinajstić information content (AvgIpc) is 3.44. The molecular formula is C22H23ClN6O2S. The Labute approximate surface area is 195 Å². The molecule has 32 heavy (non-hydrogen) atoms. The molecule has 2 N–H and O–H groups in total. The minimum absolute atomic E-state index is 0.0394. The van der Waals surface area contributed by atoms with Gasteiger partial charge in [0.1, 0.15) is 6.54 Å². The number of pyridine rings is 1. The van der Waals surface area contributed by atoms with Crippen LogP contribution in [0.15, 0.2) is 53.9 Å². The van der Waals surface area contributed by atoms with E-state index in [4.69, 9.17) is 11.6 Å². The summed E-state index contributed by atoms with van der Waals surface area (Å²) in [4.78, 5) is 33.6. The number of amides is 2. The summed E-state index contributed by atoms with van der Waals surface area (Å²) in [5.74, 6) is 0.345. The number of para-hydroxylation sites is 1. The zero-order valence-electron chi connectivity index (χ0n) is 17.3. The number of nitrogens with zero attached hydrogens (tertiary/aromatic N) is 4. The molecule has 3 aromatic rings. The molecule has 1 aliphatic carbocycles. The fourth-order valence-corrected chi connectivity index (χ4v) is 4.45. The molecule has 166 valence electrons. The van der Waals surface area contributed by atoms with Crippen LogP contribution in [0.3, 0.4) is 0 Å². The SMILES string of the molecule is O=C(Cn1nc(-c2ccncc2)nc1SCC(=O)NC1CCCC1)Nc1ccccc1Cl. The maximum absolute atomic E-state index is 12.6. The van der Waals surface area contributed by atoms with Gasteiger partial charge in [0.05, 0.1) is 16.5 Å². The Kier molecular flexibility index (Phi) is 7.39. The summed E-state index contributed by atoms with van der Waals surface area (Å²) in [6.45, 7) is -0.0596. The van der Waals surface area contributed by atoms with E-state index in [1.165, 1.54) is 16.4 Å². The number of carbonyl (C=O) groups excluding carboxylic acids is 2. The van der Waals surface area contributed by atoms with Crippen molar-refractivity contribution in [2.45, 2.75) is 43.4 Å². The number of aromatic nitrogens is 4. The number of hydrogen-bond donors (Lipinski definition) is 2. The second kappa shape index (κ2) is 10.6. The molecule has 0 unspecified atom stereocenters. The zero-order valence-corrected chi connectivity index (χ0v) is 18.9. The number of carbonyl (C=O) groups is 2. The van der Waals surface area contributed by atoms with Crippen LogP contribution in [0.4, 0.5) is 5.69 Å². The van der Waals surface area contributed by atoms with Crippen molar-refractivity contribution in [3.63, 3.8) is 0 Å². The summed E-state index contributed by atoms with van der Waals surface area (Å²) >= 11 is 7.40. The van der Waals surface area contributed by atoms with Gasteiger partial charge in [0.25, 0.3) is 0 Å². The van der Waals surface area contributed by atoms with E-state index in [0.29, 0.717) is 21.7 Å². The minimum Gasteiger partial charge on any atom is -0.353 e. The summed E-state index contributed by atoms with van der Waals surface area (Å²) < 4.78 is 1.51. The van der Waals surface area contributed by atoms with Gasteiger partial charge in [-0.05, 0) is 37.1 Å². The van der Waals surface area contributed by atoms with Gasteiger partial charge >= 0.3 is 0 Å². The third-order valence-corrected chi connectivity index (χ3v) is 6.37. The monoisotopic (exact) mass is 470 g/mol. The van der Waals surface area contributed by atoms with Gasteiger partial charge in [0.2, 0.25) is 11.8 Å². The molecule has 0 saturated heterocycles. The van der Waals surface area contributed by atoms with Crippen molar-refractivity contribution in [2.75, 3.05) is 11.1 Å². The largest absolute Gasteiger partial charge is 0.353 e. The molecular weight excluding hydrogens is 448 g/mol. The number of anilines is 1. The molecule has 2 amide bonds. The van der Waals surface area contributed by atoms with E-state index in [1.807, 2.05) is 0 Å². The molecule has 8 nitrogen and oxygen atoms in total. The van der Waals surface area contributed by atoms with Crippen molar-refractivity contribution in [3.05, 3.63) is 53.8 Å². The van der Waals surface area contributed by atoms with Gasteiger partial charge in [-0.1, -0.05) is 48.3 Å². The van der Waals surface area contributed by atoms with Gasteiger partial charge in [0, 0.05) is 24.0 Å². The Hall–Kier alpha value is -2.91. The van der Waals surface area contributed by atoms with Crippen molar-refractivity contribution >= 4 is 40.9 Å². The van der Waals surface area contributed by atoms with Crippen molar-refractivity contribution in [2.24, 2.45) is 0 Å². The first kappa shape index (κ1) is 22.3. The van der Waals surface area contributed by atoms with Gasteiger partial charge < -0.3 is 10.6 Å². The van der Waals surface area contributed by atoms with Crippen LogP contribution in [0, 0.1) is 0 Å². The lowest BCUT2D eigenvalue weighted by Crippen LogP contribution is -2.33. The van der Waals surface area contributed by atoms with E-state index in [2.05, 4.69) is 25.7 Å². The van der Waals surface area contributed by atoms with Crippen LogP contribution in [0.2, 0.25) is 5.02 Å². The zero-order chi connectivity index (χ0) is 22.3. The summed E-state index contributed by atoms with van der Waals surface area (Å²) in [6, 6.07) is 10.9. The first-order chi connectivity index (χ1) is 15.6. The Balaban J connectivity index is 1.47. The quantitative estimate of drug-likeness (QED) is 0.486. The lowest BCUT2D eigenvalue weighted by atomic mass is 10.2. The van der Waals surface area contributed by atoms with Crippen molar-refractivity contribution in [3.8, 4) is 11.4 Å². The van der Waals surface area contributed by atoms with Crippen molar-refractivity contribution in [1.82, 2.24) is 25.1 Å². The molecule has 1 saturated carbocycles. The molecule has 0 atom stereocenters. The number of rotatable bonds is 8. The highest BCUT2D eigenvalue weighted by Gasteiger charge is 2.20. The third kappa shape index (κ3) is 5.86. The van der Waals surface area contributed by atoms with Crippen LogP contribution < -0.4 is 10.6 Å². The predicted octanol–water partition coefficient (Wildman–Crippen LogP) is 3.78. The van der Waals surface area contributed by atoms with Crippen LogP contribution in [-0.4, -0.2) is 43.4 Å². The maximum Gasteiger partial charge on any atom is 0.246 e. The molecule has 1 aromatic carbocycles. The molecule has 2 aromatic heterocycles. The van der Waals surface area contributed by atoms with Gasteiger partial charge in [-0.3, -0.25) is 14.6 Å². The number of benzene rings is 1. The molecule has 1 fully saturated rings. The second-order valence-electron chi connectivity index (χ2n) is 7.48. The smallest absolute Gasteiger partial charge is 0.246 e. The van der Waals surface area contributed by atoms with E-state index in [9.17, 15) is 9.59 Å². The van der Waals surface area contributed by atoms with Gasteiger partial charge in [-0.2, -0.15) is 0 Å². The minimum atomic E-state index is -0.290. The normalized spacial score (nSPS) is 13.8. The molecule has 4 rings (SSSR count). The summed E-state index contributed by atoms with van der Waals surface area (Å²) in [5, 5.41) is 11.3. The molecule has 0 radical (unpaired) electrons. The highest BCUT2D eigenvalue weighted by Crippen LogP contribution is 2.24. The van der Waals surface area contributed by atoms with Crippen LogP contribution in [0.25, 0.3) is 11.4 Å². The van der Waals surface area contributed by atoms with Crippen molar-refractivity contribution in [1.29, 1.82) is 0 Å². The van der Waals surface area contributed by atoms with Gasteiger partial charge in [0.15, 0.2) is 11.0 Å². The highest BCUT2D eigenvalue weighted by atomic mass is 35.5. The van der Waals surface area contributed by atoms with E-state index in [-0.39, 0.29) is 30.2 Å². The summed E-state index contributed by atoms with van der Waals surface area (Å²) in [5.41, 5.74) is 1.31. The molecule has 1 aliphatic rings. The average molecular weight is 471 g/mol. The van der Waals surface area contributed by atoms with Crippen LogP contribution in [-0.2, 0) is 16.1 Å². The lowest BCUT2D eigenvalue weighted by Gasteiger charge is -2.11. The third-order valence-electron chi connectivity index (χ3n) is 5.07. The van der Waals surface area contributed by atoms with E-state index in [0.717, 1.165) is 31.2 Å². The maximum atomic E-state index is 12.6. The summed E-state index contributed by atoms with van der Waals surface area (Å²) in [7, 11) is 0. The van der Waals surface area contributed by atoms with Crippen LogP contribution in [0.1, 0.15) is 25.7 Å². The number of halogens is 1.